The molecule has 86 valence electrons. The van der Waals surface area contributed by atoms with Gasteiger partial charge >= 0.3 is 0 Å². The topological polar surface area (TPSA) is 75.3 Å². The van der Waals surface area contributed by atoms with Crippen LogP contribution in [0, 0.1) is 5.41 Å². The molecule has 0 spiro atoms. The summed E-state index contributed by atoms with van der Waals surface area (Å²) in [5, 5.41) is 12.5. The summed E-state index contributed by atoms with van der Waals surface area (Å²) < 4.78 is 0. The Hall–Kier alpha value is -0.610. The van der Waals surface area contributed by atoms with Gasteiger partial charge in [-0.05, 0) is 25.7 Å². The van der Waals surface area contributed by atoms with Crippen molar-refractivity contribution >= 4 is 5.91 Å². The third-order valence-electron chi connectivity index (χ3n) is 4.22. The number of carbonyl (C=O) groups excluding carboxylic acids is 1. The first-order chi connectivity index (χ1) is 6.86. The second-order valence-corrected chi connectivity index (χ2v) is 5.61. The van der Waals surface area contributed by atoms with Crippen LogP contribution in [0.2, 0.25) is 0 Å². The number of carbonyl (C=O) groups is 1. The highest BCUT2D eigenvalue weighted by molar-refractivity contribution is 5.87. The summed E-state index contributed by atoms with van der Waals surface area (Å²) in [5.41, 5.74) is 5.08. The maximum atomic E-state index is 11.8. The predicted octanol–water partition coefficient (Wildman–Crippen LogP) is 0.143. The van der Waals surface area contributed by atoms with E-state index in [1.165, 1.54) is 0 Å². The van der Waals surface area contributed by atoms with E-state index in [1.807, 2.05) is 13.8 Å². The third kappa shape index (κ3) is 1.56. The highest BCUT2D eigenvalue weighted by Crippen LogP contribution is 2.41. The molecule has 0 bridgehead atoms. The van der Waals surface area contributed by atoms with Gasteiger partial charge in [0.15, 0.2) is 0 Å². The fourth-order valence-corrected chi connectivity index (χ4v) is 2.23. The molecule has 0 aromatic heterocycles. The molecule has 0 aromatic carbocycles. The smallest absolute Gasteiger partial charge is 0.240 e. The van der Waals surface area contributed by atoms with Crippen molar-refractivity contribution in [1.82, 2.24) is 5.32 Å². The van der Waals surface area contributed by atoms with E-state index in [4.69, 9.17) is 5.73 Å². The number of rotatable bonds is 2. The van der Waals surface area contributed by atoms with Crippen LogP contribution in [0.15, 0.2) is 0 Å². The number of nitrogens with two attached hydrogens (primary N) is 1. The van der Waals surface area contributed by atoms with Gasteiger partial charge in [0.05, 0.1) is 11.6 Å². The first kappa shape index (κ1) is 10.9. The standard InChI is InChI=1S/C11H20N2O2/c1-10(2)7(6-8(10)14)13-9(15)11(12)4-3-5-11/h7-8,14H,3-6,12H2,1-2H3,(H,13,15). The van der Waals surface area contributed by atoms with E-state index in [-0.39, 0.29) is 23.5 Å². The number of hydrogen-bond acceptors (Lipinski definition) is 3. The first-order valence-electron chi connectivity index (χ1n) is 5.64. The average Bonchev–Trinajstić information content (AvgIpc) is 2.13. The van der Waals surface area contributed by atoms with Crippen molar-refractivity contribution in [2.45, 2.75) is 57.2 Å². The minimum atomic E-state index is -0.628. The fourth-order valence-electron chi connectivity index (χ4n) is 2.23. The Labute approximate surface area is 90.2 Å². The molecule has 0 heterocycles. The van der Waals surface area contributed by atoms with Crippen LogP contribution in [-0.2, 0) is 4.79 Å². The van der Waals surface area contributed by atoms with E-state index in [1.54, 1.807) is 0 Å². The number of aliphatic hydroxyl groups excluding tert-OH is 1. The molecule has 4 heteroatoms. The molecule has 2 fully saturated rings. The Morgan fingerprint density at radius 1 is 1.47 bits per heavy atom. The summed E-state index contributed by atoms with van der Waals surface area (Å²) in [6, 6.07) is 0.0704. The summed E-state index contributed by atoms with van der Waals surface area (Å²) >= 11 is 0. The number of nitrogens with one attached hydrogen (secondary N) is 1. The van der Waals surface area contributed by atoms with Crippen molar-refractivity contribution in [3.63, 3.8) is 0 Å². The third-order valence-corrected chi connectivity index (χ3v) is 4.22. The molecule has 2 atom stereocenters. The Kier molecular flexibility index (Phi) is 2.32. The lowest BCUT2D eigenvalue weighted by atomic mass is 9.64. The van der Waals surface area contributed by atoms with Crippen LogP contribution >= 0.6 is 0 Å². The SMILES string of the molecule is CC1(C)C(O)CC1NC(=O)C1(N)CCC1. The van der Waals surface area contributed by atoms with Gasteiger partial charge in [-0.25, -0.2) is 0 Å². The van der Waals surface area contributed by atoms with Crippen LogP contribution < -0.4 is 11.1 Å². The molecule has 0 aromatic rings. The summed E-state index contributed by atoms with van der Waals surface area (Å²) in [6.07, 6.45) is 2.95. The van der Waals surface area contributed by atoms with Gasteiger partial charge in [0.2, 0.25) is 5.91 Å². The zero-order valence-electron chi connectivity index (χ0n) is 9.42. The molecular weight excluding hydrogens is 192 g/mol. The molecule has 2 saturated carbocycles. The molecule has 4 nitrogen and oxygen atoms in total. The van der Waals surface area contributed by atoms with Crippen LogP contribution in [-0.4, -0.2) is 28.7 Å². The van der Waals surface area contributed by atoms with Crippen LogP contribution in [0.3, 0.4) is 0 Å². The molecule has 4 N–H and O–H groups in total. The Morgan fingerprint density at radius 2 is 2.07 bits per heavy atom. The largest absolute Gasteiger partial charge is 0.392 e. The zero-order valence-corrected chi connectivity index (χ0v) is 9.42. The summed E-state index contributed by atoms with van der Waals surface area (Å²) in [6.45, 7) is 3.94. The molecule has 1 amide bonds. The highest BCUT2D eigenvalue weighted by atomic mass is 16.3. The molecule has 0 aliphatic heterocycles. The number of amides is 1. The second kappa shape index (κ2) is 3.19. The predicted molar refractivity (Wildman–Crippen MR) is 57.1 cm³/mol. The number of hydrogen-bond donors (Lipinski definition) is 3. The van der Waals surface area contributed by atoms with Gasteiger partial charge in [-0.15, -0.1) is 0 Å². The minimum absolute atomic E-state index is 0.0428. The van der Waals surface area contributed by atoms with Crippen LogP contribution in [0.4, 0.5) is 0 Å². The van der Waals surface area contributed by atoms with Crippen molar-refractivity contribution in [3.8, 4) is 0 Å². The van der Waals surface area contributed by atoms with Crippen LogP contribution in [0.5, 0.6) is 0 Å². The molecular formula is C11H20N2O2. The van der Waals surface area contributed by atoms with Crippen molar-refractivity contribution < 1.29 is 9.90 Å². The summed E-state index contributed by atoms with van der Waals surface area (Å²) in [4.78, 5) is 11.8. The Balaban J connectivity index is 1.91. The maximum Gasteiger partial charge on any atom is 0.240 e. The van der Waals surface area contributed by atoms with E-state index in [9.17, 15) is 9.90 Å². The molecule has 2 aliphatic carbocycles. The first-order valence-corrected chi connectivity index (χ1v) is 5.64. The van der Waals surface area contributed by atoms with Crippen LogP contribution in [0.25, 0.3) is 0 Å². The fraction of sp³-hybridized carbons (Fsp3) is 0.909. The second-order valence-electron chi connectivity index (χ2n) is 5.61. The lowest BCUT2D eigenvalue weighted by molar-refractivity contribution is -0.137. The van der Waals surface area contributed by atoms with Crippen LogP contribution in [0.1, 0.15) is 39.5 Å². The monoisotopic (exact) mass is 212 g/mol. The van der Waals surface area contributed by atoms with E-state index in [2.05, 4.69) is 5.32 Å². The van der Waals surface area contributed by atoms with Gasteiger partial charge in [-0.2, -0.15) is 0 Å². The van der Waals surface area contributed by atoms with Gasteiger partial charge in [0, 0.05) is 11.5 Å². The van der Waals surface area contributed by atoms with Gasteiger partial charge < -0.3 is 16.2 Å². The van der Waals surface area contributed by atoms with Crippen molar-refractivity contribution in [3.05, 3.63) is 0 Å². The lowest BCUT2D eigenvalue weighted by Gasteiger charge is -2.51. The normalized spacial score (nSPS) is 36.3. The zero-order chi connectivity index (χ0) is 11.3. The molecule has 15 heavy (non-hydrogen) atoms. The quantitative estimate of drug-likeness (QED) is 0.609. The number of aliphatic hydroxyl groups is 1. The minimum Gasteiger partial charge on any atom is -0.392 e. The van der Waals surface area contributed by atoms with Gasteiger partial charge in [-0.1, -0.05) is 13.8 Å². The van der Waals surface area contributed by atoms with Crippen molar-refractivity contribution in [1.29, 1.82) is 0 Å². The molecule has 2 rings (SSSR count). The Morgan fingerprint density at radius 3 is 2.40 bits per heavy atom. The van der Waals surface area contributed by atoms with Gasteiger partial charge in [0.25, 0.3) is 0 Å². The molecule has 0 saturated heterocycles. The average molecular weight is 212 g/mol. The summed E-state index contributed by atoms with van der Waals surface area (Å²) in [5.74, 6) is -0.0428. The molecule has 2 unspecified atom stereocenters. The van der Waals surface area contributed by atoms with E-state index in [0.717, 1.165) is 19.3 Å². The van der Waals surface area contributed by atoms with E-state index in [0.29, 0.717) is 6.42 Å². The van der Waals surface area contributed by atoms with Crippen molar-refractivity contribution in [2.75, 3.05) is 0 Å². The molecule has 0 radical (unpaired) electrons. The van der Waals surface area contributed by atoms with E-state index < -0.39 is 5.54 Å². The van der Waals surface area contributed by atoms with Gasteiger partial charge in [-0.3, -0.25) is 4.79 Å². The summed E-state index contributed by atoms with van der Waals surface area (Å²) in [7, 11) is 0. The van der Waals surface area contributed by atoms with Gasteiger partial charge in [0.1, 0.15) is 0 Å². The molecule has 2 aliphatic rings. The highest BCUT2D eigenvalue weighted by Gasteiger charge is 2.50. The Bertz CT molecular complexity index is 284. The maximum absolute atomic E-state index is 11.8. The van der Waals surface area contributed by atoms with Crippen molar-refractivity contribution in [2.24, 2.45) is 11.1 Å². The van der Waals surface area contributed by atoms with E-state index >= 15 is 0 Å². The lowest BCUT2D eigenvalue weighted by Crippen LogP contribution is -2.67.